The average Bonchev–Trinajstić information content (AvgIpc) is 3.28. The van der Waals surface area contributed by atoms with Gasteiger partial charge in [-0.1, -0.05) is 23.5 Å². The van der Waals surface area contributed by atoms with Gasteiger partial charge in [-0.15, -0.1) is 11.3 Å². The van der Waals surface area contributed by atoms with Gasteiger partial charge in [0, 0.05) is 12.4 Å². The molecule has 0 spiro atoms. The highest BCUT2D eigenvalue weighted by atomic mass is 32.1. The molecule has 9 heteroatoms. The number of amides is 1. The Morgan fingerprint density at radius 2 is 2.22 bits per heavy atom. The van der Waals surface area contributed by atoms with Crippen molar-refractivity contribution in [2.45, 2.75) is 0 Å². The number of nitrogens with zero attached hydrogens (tertiary/aromatic N) is 5. The number of nitrogens with one attached hydrogen (secondary N) is 1. The number of benzene rings is 1. The van der Waals surface area contributed by atoms with Gasteiger partial charge in [-0.2, -0.15) is 10.1 Å². The molecule has 23 heavy (non-hydrogen) atoms. The topological polar surface area (TPSA) is 88.8 Å². The molecule has 3 aromatic heterocycles. The van der Waals surface area contributed by atoms with Crippen LogP contribution in [0.1, 0.15) is 10.5 Å². The Bertz CT molecular complexity index is 1060. The number of carbonyl (C=O) groups excluding carboxylic acids is 1. The third-order valence-corrected chi connectivity index (χ3v) is 5.21. The smallest absolute Gasteiger partial charge is 0.299 e. The number of hydrogen-bond acceptors (Lipinski definition) is 6. The molecule has 0 atom stereocenters. The van der Waals surface area contributed by atoms with E-state index in [0.29, 0.717) is 21.3 Å². The van der Waals surface area contributed by atoms with Gasteiger partial charge in [0.15, 0.2) is 15.6 Å². The van der Waals surface area contributed by atoms with Crippen LogP contribution in [0.25, 0.3) is 21.0 Å². The number of hydrogen-bond donors (Lipinski definition) is 1. The molecule has 0 saturated heterocycles. The average molecular weight is 342 g/mol. The first kappa shape index (κ1) is 14.0. The molecule has 114 valence electrons. The maximum atomic E-state index is 12.4. The lowest BCUT2D eigenvalue weighted by Gasteiger charge is -1.93. The molecule has 4 rings (SSSR count). The van der Waals surface area contributed by atoms with Gasteiger partial charge in [0.1, 0.15) is 12.0 Å². The molecule has 7 nitrogen and oxygen atoms in total. The van der Waals surface area contributed by atoms with E-state index < -0.39 is 0 Å². The van der Waals surface area contributed by atoms with Crippen LogP contribution >= 0.6 is 22.7 Å². The standard InChI is InChI=1S/C14H10N6OS2/c1-20-9-4-2-3-5-10(9)23-14(20)18-12(21)8-6-22-13(17-8)11-15-7-16-19-11/h2-7H,1H3,(H,15,16,19). The lowest BCUT2D eigenvalue weighted by atomic mass is 10.3. The van der Waals surface area contributed by atoms with Crippen molar-refractivity contribution in [3.63, 3.8) is 0 Å². The highest BCUT2D eigenvalue weighted by Crippen LogP contribution is 2.20. The van der Waals surface area contributed by atoms with E-state index in [1.54, 1.807) is 5.38 Å². The molecule has 0 saturated carbocycles. The van der Waals surface area contributed by atoms with Crippen molar-refractivity contribution in [2.75, 3.05) is 0 Å². The molecule has 0 fully saturated rings. The highest BCUT2D eigenvalue weighted by Gasteiger charge is 2.13. The summed E-state index contributed by atoms with van der Waals surface area (Å²) < 4.78 is 2.99. The molecule has 1 amide bonds. The molecular weight excluding hydrogens is 332 g/mol. The molecule has 0 aliphatic heterocycles. The number of H-pyrrole nitrogens is 1. The first-order valence-corrected chi connectivity index (χ1v) is 8.37. The lowest BCUT2D eigenvalue weighted by Crippen LogP contribution is -2.13. The van der Waals surface area contributed by atoms with E-state index in [2.05, 4.69) is 25.2 Å². The van der Waals surface area contributed by atoms with Gasteiger partial charge in [0.2, 0.25) is 0 Å². The number of thiazole rings is 2. The maximum absolute atomic E-state index is 12.4. The molecule has 4 aromatic rings. The summed E-state index contributed by atoms with van der Waals surface area (Å²) in [7, 11) is 1.89. The van der Waals surface area contributed by atoms with Crippen LogP contribution in [0.4, 0.5) is 0 Å². The molecule has 3 heterocycles. The zero-order chi connectivity index (χ0) is 15.8. The molecule has 0 radical (unpaired) electrons. The van der Waals surface area contributed by atoms with Gasteiger partial charge in [0.05, 0.1) is 10.2 Å². The largest absolute Gasteiger partial charge is 0.319 e. The summed E-state index contributed by atoms with van der Waals surface area (Å²) in [6, 6.07) is 7.94. The summed E-state index contributed by atoms with van der Waals surface area (Å²) in [6.07, 6.45) is 1.40. The Morgan fingerprint density at radius 1 is 1.35 bits per heavy atom. The number of aromatic nitrogens is 5. The Kier molecular flexibility index (Phi) is 3.36. The van der Waals surface area contributed by atoms with Crippen LogP contribution in [-0.4, -0.2) is 30.6 Å². The molecule has 0 aliphatic rings. The Morgan fingerprint density at radius 3 is 3.00 bits per heavy atom. The summed E-state index contributed by atoms with van der Waals surface area (Å²) in [4.78, 5) is 25.5. The van der Waals surface area contributed by atoms with Crippen molar-refractivity contribution in [3.8, 4) is 10.8 Å². The minimum atomic E-state index is -0.367. The second-order valence-electron chi connectivity index (χ2n) is 4.70. The van der Waals surface area contributed by atoms with E-state index in [9.17, 15) is 4.79 Å². The van der Waals surface area contributed by atoms with Crippen LogP contribution < -0.4 is 4.80 Å². The minimum absolute atomic E-state index is 0.304. The van der Waals surface area contributed by atoms with Crippen LogP contribution in [0.15, 0.2) is 41.0 Å². The number of aryl methyl sites for hydroxylation is 1. The molecular formula is C14H10N6OS2. The summed E-state index contributed by atoms with van der Waals surface area (Å²) in [5.74, 6) is 0.177. The van der Waals surface area contributed by atoms with Crippen molar-refractivity contribution in [3.05, 3.63) is 46.5 Å². The van der Waals surface area contributed by atoms with Gasteiger partial charge in [0.25, 0.3) is 5.91 Å². The van der Waals surface area contributed by atoms with Crippen molar-refractivity contribution in [1.82, 2.24) is 24.7 Å². The van der Waals surface area contributed by atoms with Crippen LogP contribution in [0, 0.1) is 0 Å². The SMILES string of the molecule is Cn1c(=NC(=O)c2csc(-c3ncn[nH]3)n2)sc2ccccc21. The highest BCUT2D eigenvalue weighted by molar-refractivity contribution is 7.16. The Labute approximate surface area is 138 Å². The fourth-order valence-corrected chi connectivity index (χ4v) is 3.88. The zero-order valence-electron chi connectivity index (χ0n) is 11.9. The number of carbonyl (C=O) groups is 1. The summed E-state index contributed by atoms with van der Waals surface area (Å²) in [6.45, 7) is 0. The number of para-hydroxylation sites is 1. The fourth-order valence-electron chi connectivity index (χ4n) is 2.12. The summed E-state index contributed by atoms with van der Waals surface area (Å²) in [5, 5.41) is 8.79. The van der Waals surface area contributed by atoms with E-state index in [4.69, 9.17) is 0 Å². The predicted molar refractivity (Wildman–Crippen MR) is 88.2 cm³/mol. The van der Waals surface area contributed by atoms with E-state index in [1.807, 2.05) is 35.9 Å². The Balaban J connectivity index is 1.73. The van der Waals surface area contributed by atoms with Gasteiger partial charge in [-0.25, -0.2) is 9.97 Å². The van der Waals surface area contributed by atoms with Gasteiger partial charge < -0.3 is 4.57 Å². The first-order chi connectivity index (χ1) is 11.2. The van der Waals surface area contributed by atoms with Crippen molar-refractivity contribution >= 4 is 38.8 Å². The first-order valence-electron chi connectivity index (χ1n) is 6.67. The van der Waals surface area contributed by atoms with Crippen molar-refractivity contribution in [2.24, 2.45) is 12.0 Å². The number of fused-ring (bicyclic) bond motifs is 1. The van der Waals surface area contributed by atoms with Gasteiger partial charge in [-0.05, 0) is 12.1 Å². The third-order valence-electron chi connectivity index (χ3n) is 3.25. The van der Waals surface area contributed by atoms with Crippen LogP contribution in [0.3, 0.4) is 0 Å². The molecule has 0 aliphatic carbocycles. The van der Waals surface area contributed by atoms with E-state index in [-0.39, 0.29) is 5.91 Å². The Hall–Kier alpha value is -2.65. The lowest BCUT2D eigenvalue weighted by molar-refractivity contribution is 0.0994. The second kappa shape index (κ2) is 5.52. The second-order valence-corrected chi connectivity index (χ2v) is 6.57. The fraction of sp³-hybridized carbons (Fsp3) is 0.0714. The van der Waals surface area contributed by atoms with Crippen molar-refractivity contribution in [1.29, 1.82) is 0 Å². The predicted octanol–water partition coefficient (Wildman–Crippen LogP) is 2.22. The zero-order valence-corrected chi connectivity index (χ0v) is 13.6. The van der Waals surface area contributed by atoms with Crippen LogP contribution in [0.5, 0.6) is 0 Å². The van der Waals surface area contributed by atoms with Crippen molar-refractivity contribution < 1.29 is 4.79 Å². The third kappa shape index (κ3) is 2.49. The van der Waals surface area contributed by atoms with Crippen LogP contribution in [0.2, 0.25) is 0 Å². The quantitative estimate of drug-likeness (QED) is 0.605. The number of aromatic amines is 1. The monoisotopic (exact) mass is 342 g/mol. The molecule has 0 unspecified atom stereocenters. The normalized spacial score (nSPS) is 12.1. The maximum Gasteiger partial charge on any atom is 0.299 e. The van der Waals surface area contributed by atoms with Gasteiger partial charge in [-0.3, -0.25) is 9.89 Å². The molecule has 0 bridgehead atoms. The van der Waals surface area contributed by atoms with E-state index in [1.165, 1.54) is 29.0 Å². The van der Waals surface area contributed by atoms with E-state index in [0.717, 1.165) is 10.2 Å². The molecule has 1 aromatic carbocycles. The summed E-state index contributed by atoms with van der Waals surface area (Å²) >= 11 is 2.80. The van der Waals surface area contributed by atoms with E-state index >= 15 is 0 Å². The molecule has 1 N–H and O–H groups in total. The van der Waals surface area contributed by atoms with Crippen LogP contribution in [-0.2, 0) is 7.05 Å². The number of rotatable bonds is 2. The summed E-state index contributed by atoms with van der Waals surface area (Å²) in [5.41, 5.74) is 1.35. The van der Waals surface area contributed by atoms with Gasteiger partial charge >= 0.3 is 0 Å². The minimum Gasteiger partial charge on any atom is -0.319 e.